The topological polar surface area (TPSA) is 113 Å². The average molecular weight is 451 g/mol. The van der Waals surface area contributed by atoms with Gasteiger partial charge in [0.2, 0.25) is 11.8 Å². The van der Waals surface area contributed by atoms with Crippen molar-refractivity contribution in [3.8, 4) is 5.75 Å². The lowest BCUT2D eigenvalue weighted by Crippen LogP contribution is -2.60. The van der Waals surface area contributed by atoms with Gasteiger partial charge in [0.15, 0.2) is 11.7 Å². The molecule has 2 N–H and O–H groups in total. The summed E-state index contributed by atoms with van der Waals surface area (Å²) in [5.41, 5.74) is -0.652. The van der Waals surface area contributed by atoms with E-state index in [4.69, 9.17) is 16.7 Å². The van der Waals surface area contributed by atoms with Crippen LogP contribution in [0.25, 0.3) is 0 Å². The summed E-state index contributed by atoms with van der Waals surface area (Å²) in [6.07, 6.45) is -5.10. The molecule has 2 rings (SSSR count). The first-order valence-electron chi connectivity index (χ1n) is 8.59. The van der Waals surface area contributed by atoms with E-state index >= 15 is 0 Å². The quantitative estimate of drug-likeness (QED) is 0.642. The van der Waals surface area contributed by atoms with E-state index in [0.717, 1.165) is 6.07 Å². The van der Waals surface area contributed by atoms with Crippen molar-refractivity contribution in [3.05, 3.63) is 28.8 Å². The highest BCUT2D eigenvalue weighted by Gasteiger charge is 2.48. The number of carbonyl (C=O) groups is 4. The molecule has 1 fully saturated rings. The highest BCUT2D eigenvalue weighted by atomic mass is 35.5. The molecule has 12 heteroatoms. The Kier molecular flexibility index (Phi) is 6.65. The summed E-state index contributed by atoms with van der Waals surface area (Å²) in [5.74, 6) is -6.19. The first-order chi connectivity index (χ1) is 13.7. The van der Waals surface area contributed by atoms with Gasteiger partial charge in [-0.25, -0.2) is 0 Å². The van der Waals surface area contributed by atoms with Crippen LogP contribution in [0.2, 0.25) is 5.02 Å². The minimum absolute atomic E-state index is 0.145. The number of likely N-dealkylation sites (tertiary alicyclic amines) is 1. The lowest BCUT2D eigenvalue weighted by molar-refractivity contribution is -0.274. The molecule has 2 amide bonds. The van der Waals surface area contributed by atoms with Gasteiger partial charge in [0, 0.05) is 18.5 Å². The van der Waals surface area contributed by atoms with Crippen LogP contribution in [0, 0.1) is 5.92 Å². The number of nitrogens with zero attached hydrogens (tertiary/aromatic N) is 1. The standard InChI is InChI=1S/C18H18ClF3N2O6/c1-17(2)6-11(25)14(15(28)23-7-13(26)27)16(29)24(17)8-9-3-4-12(10(19)5-9)30-18(20,21)22/h3-5,14H,6-8H2,1-2H3,(H,23,28)(H,26,27). The fourth-order valence-corrected chi connectivity index (χ4v) is 3.31. The second kappa shape index (κ2) is 8.50. The van der Waals surface area contributed by atoms with E-state index in [1.807, 2.05) is 5.32 Å². The lowest BCUT2D eigenvalue weighted by Gasteiger charge is -2.44. The number of Topliss-reactive ketones (excluding diaryl/α,β-unsaturated/α-hetero) is 1. The smallest absolute Gasteiger partial charge is 0.480 e. The van der Waals surface area contributed by atoms with Crippen LogP contribution in [0.3, 0.4) is 0 Å². The number of amides is 2. The molecular weight excluding hydrogens is 433 g/mol. The number of ether oxygens (including phenoxy) is 1. The van der Waals surface area contributed by atoms with E-state index in [2.05, 4.69) is 4.74 Å². The van der Waals surface area contributed by atoms with Crippen LogP contribution in [-0.2, 0) is 25.7 Å². The Hall–Kier alpha value is -2.82. The Morgan fingerprint density at radius 2 is 1.97 bits per heavy atom. The Balaban J connectivity index is 2.25. The molecule has 0 radical (unpaired) electrons. The zero-order valence-corrected chi connectivity index (χ0v) is 16.6. The summed E-state index contributed by atoms with van der Waals surface area (Å²) in [7, 11) is 0. The van der Waals surface area contributed by atoms with Crippen molar-refractivity contribution in [1.82, 2.24) is 10.2 Å². The van der Waals surface area contributed by atoms with Crippen LogP contribution in [0.1, 0.15) is 25.8 Å². The number of nitrogens with one attached hydrogen (secondary N) is 1. The molecule has 1 aliphatic heterocycles. The van der Waals surface area contributed by atoms with Crippen LogP contribution in [-0.4, -0.2) is 52.0 Å². The highest BCUT2D eigenvalue weighted by molar-refractivity contribution is 6.32. The van der Waals surface area contributed by atoms with E-state index in [1.54, 1.807) is 13.8 Å². The number of hydrogen-bond donors (Lipinski definition) is 2. The molecule has 8 nitrogen and oxygen atoms in total. The predicted molar refractivity (Wildman–Crippen MR) is 96.5 cm³/mol. The Bertz CT molecular complexity index is 887. The minimum atomic E-state index is -4.92. The van der Waals surface area contributed by atoms with Crippen LogP contribution in [0.5, 0.6) is 5.75 Å². The molecule has 1 aliphatic rings. The number of carbonyl (C=O) groups excluding carboxylic acids is 3. The molecule has 0 bridgehead atoms. The first kappa shape index (κ1) is 23.5. The number of piperidine rings is 1. The van der Waals surface area contributed by atoms with Gasteiger partial charge in [-0.2, -0.15) is 0 Å². The normalized spacial score (nSPS) is 18.9. The third kappa shape index (κ3) is 5.62. The predicted octanol–water partition coefficient (Wildman–Crippen LogP) is 2.14. The maximum absolute atomic E-state index is 12.9. The molecule has 1 aromatic carbocycles. The summed E-state index contributed by atoms with van der Waals surface area (Å²) >= 11 is 5.83. The molecule has 1 unspecified atom stereocenters. The Labute approximate surface area is 173 Å². The van der Waals surface area contributed by atoms with E-state index in [0.29, 0.717) is 5.56 Å². The van der Waals surface area contributed by atoms with Gasteiger partial charge >= 0.3 is 12.3 Å². The van der Waals surface area contributed by atoms with Crippen LogP contribution in [0.15, 0.2) is 18.2 Å². The summed E-state index contributed by atoms with van der Waals surface area (Å²) in [5, 5.41) is 10.3. The summed E-state index contributed by atoms with van der Waals surface area (Å²) < 4.78 is 40.9. The van der Waals surface area contributed by atoms with E-state index in [1.165, 1.54) is 17.0 Å². The summed E-state index contributed by atoms with van der Waals surface area (Å²) in [6, 6.07) is 3.45. The van der Waals surface area contributed by atoms with E-state index < -0.39 is 53.7 Å². The van der Waals surface area contributed by atoms with Gasteiger partial charge in [-0.3, -0.25) is 19.2 Å². The van der Waals surface area contributed by atoms with Gasteiger partial charge in [-0.05, 0) is 31.5 Å². The molecule has 164 valence electrons. The zero-order chi connectivity index (χ0) is 22.9. The van der Waals surface area contributed by atoms with Gasteiger partial charge in [0.05, 0.1) is 5.02 Å². The van der Waals surface area contributed by atoms with Gasteiger partial charge < -0.3 is 20.1 Å². The number of halogens is 4. The third-order valence-electron chi connectivity index (χ3n) is 4.41. The van der Waals surface area contributed by atoms with Crippen LogP contribution >= 0.6 is 11.6 Å². The Morgan fingerprint density at radius 3 is 2.50 bits per heavy atom. The minimum Gasteiger partial charge on any atom is -0.480 e. The second-order valence-electron chi connectivity index (χ2n) is 7.24. The molecule has 0 saturated carbocycles. The molecule has 0 aliphatic carbocycles. The molecule has 1 saturated heterocycles. The highest BCUT2D eigenvalue weighted by Crippen LogP contribution is 2.34. The Morgan fingerprint density at radius 1 is 1.33 bits per heavy atom. The van der Waals surface area contributed by atoms with Crippen molar-refractivity contribution < 1.29 is 42.2 Å². The monoisotopic (exact) mass is 450 g/mol. The van der Waals surface area contributed by atoms with Crippen molar-refractivity contribution >= 4 is 35.2 Å². The van der Waals surface area contributed by atoms with E-state index in [9.17, 15) is 32.3 Å². The number of alkyl halides is 3. The number of aliphatic carboxylic acids is 1. The average Bonchev–Trinajstić information content (AvgIpc) is 2.57. The molecular formula is C18H18ClF3N2O6. The number of carboxylic acids is 1. The van der Waals surface area contributed by atoms with E-state index in [-0.39, 0.29) is 18.0 Å². The maximum Gasteiger partial charge on any atom is 0.573 e. The van der Waals surface area contributed by atoms with Crippen LogP contribution < -0.4 is 10.1 Å². The van der Waals surface area contributed by atoms with Gasteiger partial charge in [0.25, 0.3) is 0 Å². The lowest BCUT2D eigenvalue weighted by atomic mass is 9.82. The van der Waals surface area contributed by atoms with Crippen molar-refractivity contribution in [3.63, 3.8) is 0 Å². The molecule has 30 heavy (non-hydrogen) atoms. The fraction of sp³-hybridized carbons (Fsp3) is 0.444. The van der Waals surface area contributed by atoms with Crippen molar-refractivity contribution in [2.24, 2.45) is 5.92 Å². The fourth-order valence-electron chi connectivity index (χ4n) is 3.06. The molecule has 1 atom stereocenters. The maximum atomic E-state index is 12.9. The van der Waals surface area contributed by atoms with Gasteiger partial charge in [-0.1, -0.05) is 17.7 Å². The first-order valence-corrected chi connectivity index (χ1v) is 8.97. The zero-order valence-electron chi connectivity index (χ0n) is 15.9. The second-order valence-corrected chi connectivity index (χ2v) is 7.64. The number of carboxylic acid groups (broad SMARTS) is 1. The van der Waals surface area contributed by atoms with Gasteiger partial charge in [-0.15, -0.1) is 13.2 Å². The van der Waals surface area contributed by atoms with Crippen molar-refractivity contribution in [2.75, 3.05) is 6.54 Å². The van der Waals surface area contributed by atoms with Crippen molar-refractivity contribution in [2.45, 2.75) is 38.7 Å². The summed E-state index contributed by atoms with van der Waals surface area (Å²) in [6.45, 7) is 2.29. The van der Waals surface area contributed by atoms with Crippen molar-refractivity contribution in [1.29, 1.82) is 0 Å². The number of ketones is 1. The number of benzene rings is 1. The van der Waals surface area contributed by atoms with Gasteiger partial charge in [0.1, 0.15) is 12.3 Å². The van der Waals surface area contributed by atoms with Crippen LogP contribution in [0.4, 0.5) is 13.2 Å². The summed E-state index contributed by atoms with van der Waals surface area (Å²) in [4.78, 5) is 49.2. The molecule has 1 aromatic rings. The molecule has 0 spiro atoms. The third-order valence-corrected chi connectivity index (χ3v) is 4.71. The SMILES string of the molecule is CC1(C)CC(=O)C(C(=O)NCC(=O)O)C(=O)N1Cc1ccc(OC(F)(F)F)c(Cl)c1. The largest absolute Gasteiger partial charge is 0.573 e. The number of rotatable bonds is 6. The number of hydrogen-bond acceptors (Lipinski definition) is 5. The molecule has 1 heterocycles. The molecule has 0 aromatic heterocycles.